The Bertz CT molecular complexity index is 627. The average Bonchev–Trinajstić information content (AvgIpc) is 2.68. The molecule has 0 spiro atoms. The maximum atomic E-state index is 10.5. The molecule has 2 rings (SSSR count). The van der Waals surface area contributed by atoms with E-state index in [1.165, 1.54) is 0 Å². The standard InChI is InChI=1S/C19H24O5.C2H6/c1-12(20)17(13-8-6-10-15(21-2)18(13)23-4)14-9-7-11-16(22-3)19(14)24-5;1-2/h6-12,17,20H,1-5H3;1-2H3. The SMILES string of the molecule is CC.COc1cccc(C(c2cccc(OC)c2OC)C(C)O)c1OC. The van der Waals surface area contributed by atoms with E-state index in [9.17, 15) is 5.11 Å². The molecule has 0 amide bonds. The van der Waals surface area contributed by atoms with E-state index in [0.29, 0.717) is 23.0 Å². The summed E-state index contributed by atoms with van der Waals surface area (Å²) in [4.78, 5) is 0. The minimum absolute atomic E-state index is 0.361. The highest BCUT2D eigenvalue weighted by Gasteiger charge is 2.28. The number of methoxy groups -OCH3 is 4. The molecule has 26 heavy (non-hydrogen) atoms. The lowest BCUT2D eigenvalue weighted by atomic mass is 9.85. The Morgan fingerprint density at radius 2 is 1.08 bits per heavy atom. The zero-order valence-corrected chi connectivity index (χ0v) is 16.7. The van der Waals surface area contributed by atoms with Crippen molar-refractivity contribution in [3.63, 3.8) is 0 Å². The van der Waals surface area contributed by atoms with Crippen molar-refractivity contribution < 1.29 is 24.1 Å². The summed E-state index contributed by atoms with van der Waals surface area (Å²) in [5, 5.41) is 10.5. The van der Waals surface area contributed by atoms with Crippen LogP contribution in [0, 0.1) is 0 Å². The van der Waals surface area contributed by atoms with Gasteiger partial charge in [-0.15, -0.1) is 0 Å². The maximum absolute atomic E-state index is 10.5. The molecule has 0 bridgehead atoms. The van der Waals surface area contributed by atoms with Crippen molar-refractivity contribution in [1.29, 1.82) is 0 Å². The number of ether oxygens (including phenoxy) is 4. The second-order valence-electron chi connectivity index (χ2n) is 5.38. The molecule has 2 aromatic carbocycles. The van der Waals surface area contributed by atoms with Crippen LogP contribution in [0.15, 0.2) is 36.4 Å². The zero-order valence-electron chi connectivity index (χ0n) is 16.7. The number of hydrogen-bond donors (Lipinski definition) is 1. The number of hydrogen-bond acceptors (Lipinski definition) is 5. The predicted octanol–water partition coefficient (Wildman–Crippen LogP) is 4.26. The van der Waals surface area contributed by atoms with Gasteiger partial charge in [-0.05, 0) is 19.1 Å². The van der Waals surface area contributed by atoms with Crippen LogP contribution >= 0.6 is 0 Å². The van der Waals surface area contributed by atoms with Crippen LogP contribution in [0.3, 0.4) is 0 Å². The minimum atomic E-state index is -0.674. The lowest BCUT2D eigenvalue weighted by molar-refractivity contribution is 0.172. The molecule has 144 valence electrons. The number of aliphatic hydroxyl groups excluding tert-OH is 1. The molecule has 1 atom stereocenters. The van der Waals surface area contributed by atoms with Gasteiger partial charge in [0, 0.05) is 17.0 Å². The van der Waals surface area contributed by atoms with E-state index < -0.39 is 6.10 Å². The first-order valence-electron chi connectivity index (χ1n) is 8.68. The van der Waals surface area contributed by atoms with Crippen molar-refractivity contribution >= 4 is 0 Å². The van der Waals surface area contributed by atoms with E-state index >= 15 is 0 Å². The summed E-state index contributed by atoms with van der Waals surface area (Å²) < 4.78 is 21.8. The topological polar surface area (TPSA) is 57.2 Å². The van der Waals surface area contributed by atoms with Crippen LogP contribution in [0.1, 0.15) is 37.8 Å². The Labute approximate surface area is 156 Å². The molecule has 0 heterocycles. The summed E-state index contributed by atoms with van der Waals surface area (Å²) in [6.45, 7) is 5.74. The highest BCUT2D eigenvalue weighted by Crippen LogP contribution is 2.44. The van der Waals surface area contributed by atoms with E-state index in [4.69, 9.17) is 18.9 Å². The first-order valence-corrected chi connectivity index (χ1v) is 8.68. The van der Waals surface area contributed by atoms with Gasteiger partial charge >= 0.3 is 0 Å². The van der Waals surface area contributed by atoms with Crippen molar-refractivity contribution in [3.05, 3.63) is 47.5 Å². The first kappa shape index (κ1) is 21.6. The van der Waals surface area contributed by atoms with E-state index in [-0.39, 0.29) is 5.92 Å². The molecule has 1 unspecified atom stereocenters. The van der Waals surface area contributed by atoms with Crippen molar-refractivity contribution in [2.24, 2.45) is 0 Å². The molecule has 0 aromatic heterocycles. The van der Waals surface area contributed by atoms with Gasteiger partial charge in [-0.3, -0.25) is 0 Å². The van der Waals surface area contributed by atoms with Crippen LogP contribution in [0.2, 0.25) is 0 Å². The van der Waals surface area contributed by atoms with Gasteiger partial charge in [0.2, 0.25) is 0 Å². The maximum Gasteiger partial charge on any atom is 0.164 e. The molecule has 0 saturated heterocycles. The van der Waals surface area contributed by atoms with Crippen molar-refractivity contribution in [2.75, 3.05) is 28.4 Å². The Morgan fingerprint density at radius 1 is 0.692 bits per heavy atom. The van der Waals surface area contributed by atoms with Gasteiger partial charge in [-0.25, -0.2) is 0 Å². The van der Waals surface area contributed by atoms with Crippen LogP contribution in [-0.4, -0.2) is 39.6 Å². The molecule has 0 aliphatic heterocycles. The van der Waals surface area contributed by atoms with E-state index in [0.717, 1.165) is 11.1 Å². The Kier molecular flexibility index (Phi) is 8.79. The summed E-state index contributed by atoms with van der Waals surface area (Å²) in [6, 6.07) is 11.2. The Morgan fingerprint density at radius 3 is 1.35 bits per heavy atom. The first-order chi connectivity index (χ1) is 12.6. The van der Waals surface area contributed by atoms with Crippen molar-refractivity contribution in [2.45, 2.75) is 32.8 Å². The van der Waals surface area contributed by atoms with Gasteiger partial charge < -0.3 is 24.1 Å². The third-order valence-electron chi connectivity index (χ3n) is 4.02. The van der Waals surface area contributed by atoms with Crippen LogP contribution < -0.4 is 18.9 Å². The summed E-state index contributed by atoms with van der Waals surface area (Å²) in [7, 11) is 6.35. The van der Waals surface area contributed by atoms with E-state index in [1.807, 2.05) is 50.2 Å². The number of para-hydroxylation sites is 2. The van der Waals surface area contributed by atoms with Crippen LogP contribution in [0.5, 0.6) is 23.0 Å². The third-order valence-corrected chi connectivity index (χ3v) is 4.02. The van der Waals surface area contributed by atoms with Crippen LogP contribution in [0.4, 0.5) is 0 Å². The minimum Gasteiger partial charge on any atom is -0.493 e. The number of rotatable bonds is 7. The van der Waals surface area contributed by atoms with Crippen LogP contribution in [-0.2, 0) is 0 Å². The predicted molar refractivity (Wildman–Crippen MR) is 104 cm³/mol. The Balaban J connectivity index is 0.00000163. The lowest BCUT2D eigenvalue weighted by Crippen LogP contribution is -2.18. The number of benzene rings is 2. The molecular formula is C21H30O5. The summed E-state index contributed by atoms with van der Waals surface area (Å²) in [5.41, 5.74) is 1.64. The fourth-order valence-electron chi connectivity index (χ4n) is 3.00. The molecule has 0 saturated carbocycles. The molecular weight excluding hydrogens is 332 g/mol. The fourth-order valence-corrected chi connectivity index (χ4v) is 3.00. The summed E-state index contributed by atoms with van der Waals surface area (Å²) >= 11 is 0. The van der Waals surface area contributed by atoms with Crippen molar-refractivity contribution in [3.8, 4) is 23.0 Å². The van der Waals surface area contributed by atoms with Gasteiger partial charge in [0.1, 0.15) is 0 Å². The lowest BCUT2D eigenvalue weighted by Gasteiger charge is -2.26. The molecule has 5 heteroatoms. The molecule has 1 N–H and O–H groups in total. The van der Waals surface area contributed by atoms with E-state index in [1.54, 1.807) is 35.4 Å². The quantitative estimate of drug-likeness (QED) is 0.797. The molecule has 0 radical (unpaired) electrons. The normalized spacial score (nSPS) is 11.3. The summed E-state index contributed by atoms with van der Waals surface area (Å²) in [5.74, 6) is 2.05. The molecule has 2 aromatic rings. The average molecular weight is 362 g/mol. The third kappa shape index (κ3) is 4.41. The molecule has 0 aliphatic carbocycles. The molecule has 0 fully saturated rings. The molecule has 5 nitrogen and oxygen atoms in total. The van der Waals surface area contributed by atoms with E-state index in [2.05, 4.69) is 0 Å². The summed E-state index contributed by atoms with van der Waals surface area (Å²) in [6.07, 6.45) is -0.674. The number of aliphatic hydroxyl groups is 1. The zero-order chi connectivity index (χ0) is 19.7. The fraction of sp³-hybridized carbons (Fsp3) is 0.429. The second-order valence-corrected chi connectivity index (χ2v) is 5.38. The van der Waals surface area contributed by atoms with Gasteiger partial charge in [0.25, 0.3) is 0 Å². The van der Waals surface area contributed by atoms with Gasteiger partial charge in [0.05, 0.1) is 34.5 Å². The largest absolute Gasteiger partial charge is 0.493 e. The van der Waals surface area contributed by atoms with Gasteiger partial charge in [-0.2, -0.15) is 0 Å². The monoisotopic (exact) mass is 362 g/mol. The highest BCUT2D eigenvalue weighted by atomic mass is 16.5. The smallest absolute Gasteiger partial charge is 0.164 e. The van der Waals surface area contributed by atoms with Gasteiger partial charge in [0.15, 0.2) is 23.0 Å². The van der Waals surface area contributed by atoms with Crippen LogP contribution in [0.25, 0.3) is 0 Å². The molecule has 0 aliphatic rings. The Hall–Kier alpha value is -2.40. The second kappa shape index (κ2) is 10.6. The van der Waals surface area contributed by atoms with Crippen molar-refractivity contribution in [1.82, 2.24) is 0 Å². The highest BCUT2D eigenvalue weighted by molar-refractivity contribution is 5.56. The van der Waals surface area contributed by atoms with Gasteiger partial charge in [-0.1, -0.05) is 38.1 Å².